The number of rotatable bonds is 1. The van der Waals surface area contributed by atoms with Crippen LogP contribution in [0.25, 0.3) is 0 Å². The summed E-state index contributed by atoms with van der Waals surface area (Å²) in [6.07, 6.45) is -0.414. The van der Waals surface area contributed by atoms with E-state index in [9.17, 15) is 9.90 Å². The molecule has 2 fully saturated rings. The van der Waals surface area contributed by atoms with E-state index in [1.807, 2.05) is 0 Å². The second-order valence-electron chi connectivity index (χ2n) is 4.83. The highest BCUT2D eigenvalue weighted by Crippen LogP contribution is 2.41. The van der Waals surface area contributed by atoms with Crippen molar-refractivity contribution in [1.82, 2.24) is 0 Å². The van der Waals surface area contributed by atoms with Crippen LogP contribution in [-0.4, -0.2) is 40.3 Å². The number of carbonyl (C=O) groups is 1. The number of carboxylic acid groups (broad SMARTS) is 1. The molecule has 0 aromatic rings. The van der Waals surface area contributed by atoms with Crippen LogP contribution in [0.15, 0.2) is 23.8 Å². The molecule has 0 spiro atoms. The van der Waals surface area contributed by atoms with E-state index in [2.05, 4.69) is 6.58 Å². The second kappa shape index (κ2) is 3.94. The minimum atomic E-state index is -1.05. The zero-order valence-corrected chi connectivity index (χ0v) is 9.84. The summed E-state index contributed by atoms with van der Waals surface area (Å²) in [4.78, 5) is 10.7. The van der Waals surface area contributed by atoms with Gasteiger partial charge in [0.25, 0.3) is 0 Å². The van der Waals surface area contributed by atoms with E-state index in [1.54, 1.807) is 13.8 Å². The van der Waals surface area contributed by atoms with Gasteiger partial charge in [0.05, 0.1) is 6.10 Å². The lowest BCUT2D eigenvalue weighted by Crippen LogP contribution is -2.41. The van der Waals surface area contributed by atoms with Crippen molar-refractivity contribution < 1.29 is 24.5 Å². The molecule has 0 bridgehead atoms. The van der Waals surface area contributed by atoms with Crippen molar-refractivity contribution in [1.29, 1.82) is 0 Å². The predicted octanol–water partition coefficient (Wildman–Crippen LogP) is 0.838. The van der Waals surface area contributed by atoms with Gasteiger partial charge in [0.1, 0.15) is 12.2 Å². The van der Waals surface area contributed by atoms with Crippen molar-refractivity contribution in [3.63, 3.8) is 0 Å². The Kier molecular flexibility index (Phi) is 2.85. The van der Waals surface area contributed by atoms with Crippen LogP contribution >= 0.6 is 0 Å². The highest BCUT2D eigenvalue weighted by molar-refractivity contribution is 5.82. The van der Waals surface area contributed by atoms with E-state index in [-0.39, 0.29) is 6.42 Å². The molecule has 17 heavy (non-hydrogen) atoms. The third-order valence-corrected chi connectivity index (χ3v) is 2.99. The Morgan fingerprint density at radius 1 is 1.53 bits per heavy atom. The fraction of sp³-hybridized carbons (Fsp3) is 0.583. The van der Waals surface area contributed by atoms with Gasteiger partial charge in [-0.1, -0.05) is 6.58 Å². The Hall–Kier alpha value is -1.17. The first-order valence-electron chi connectivity index (χ1n) is 5.46. The molecule has 3 atom stereocenters. The average Bonchev–Trinajstić information content (AvgIpc) is 2.50. The van der Waals surface area contributed by atoms with Crippen LogP contribution in [0.1, 0.15) is 20.3 Å². The number of hydrogen-bond donors (Lipinski definition) is 2. The van der Waals surface area contributed by atoms with E-state index < -0.39 is 30.1 Å². The molecule has 5 heteroatoms. The van der Waals surface area contributed by atoms with Gasteiger partial charge < -0.3 is 19.7 Å². The highest BCUT2D eigenvalue weighted by Gasteiger charge is 2.49. The molecule has 2 N–H and O–H groups in total. The number of carboxylic acids is 1. The first-order valence-corrected chi connectivity index (χ1v) is 5.46. The van der Waals surface area contributed by atoms with Crippen LogP contribution < -0.4 is 0 Å². The number of ether oxygens (including phenoxy) is 2. The lowest BCUT2D eigenvalue weighted by atomic mass is 9.84. The summed E-state index contributed by atoms with van der Waals surface area (Å²) in [7, 11) is 0. The topological polar surface area (TPSA) is 76.0 Å². The number of hydrogen-bond acceptors (Lipinski definition) is 4. The minimum absolute atomic E-state index is 0.228. The quantitative estimate of drug-likeness (QED) is 0.664. The van der Waals surface area contributed by atoms with E-state index in [0.717, 1.165) is 6.08 Å². The SMILES string of the molecule is C=C1/C(=C/C(=O)O)CC(O)C2OC(C)(C)OC12. The minimum Gasteiger partial charge on any atom is -0.478 e. The van der Waals surface area contributed by atoms with Crippen LogP contribution in [0, 0.1) is 0 Å². The van der Waals surface area contributed by atoms with Crippen molar-refractivity contribution in [2.24, 2.45) is 0 Å². The van der Waals surface area contributed by atoms with Crippen LogP contribution in [0.3, 0.4) is 0 Å². The lowest BCUT2D eigenvalue weighted by Gasteiger charge is -2.31. The molecule has 0 aromatic carbocycles. The van der Waals surface area contributed by atoms with Crippen LogP contribution in [0.2, 0.25) is 0 Å². The van der Waals surface area contributed by atoms with Gasteiger partial charge >= 0.3 is 5.97 Å². The zero-order valence-electron chi connectivity index (χ0n) is 9.84. The van der Waals surface area contributed by atoms with Gasteiger partial charge in [0.15, 0.2) is 5.79 Å². The third-order valence-electron chi connectivity index (χ3n) is 2.99. The van der Waals surface area contributed by atoms with Gasteiger partial charge in [0, 0.05) is 12.5 Å². The Labute approximate surface area is 99.3 Å². The molecule has 1 saturated carbocycles. The zero-order chi connectivity index (χ0) is 12.8. The van der Waals surface area contributed by atoms with Crippen molar-refractivity contribution in [3.05, 3.63) is 23.8 Å². The Balaban J connectivity index is 2.28. The maximum atomic E-state index is 10.7. The van der Waals surface area contributed by atoms with Gasteiger partial charge in [0.2, 0.25) is 0 Å². The Bertz CT molecular complexity index is 396. The number of fused-ring (bicyclic) bond motifs is 1. The molecule has 0 radical (unpaired) electrons. The lowest BCUT2D eigenvalue weighted by molar-refractivity contribution is -0.152. The average molecular weight is 240 g/mol. The molecule has 0 amide bonds. The van der Waals surface area contributed by atoms with E-state index in [1.165, 1.54) is 0 Å². The summed E-state index contributed by atoms with van der Waals surface area (Å²) >= 11 is 0. The van der Waals surface area contributed by atoms with E-state index >= 15 is 0 Å². The van der Waals surface area contributed by atoms with Crippen LogP contribution in [0.5, 0.6) is 0 Å². The van der Waals surface area contributed by atoms with Crippen molar-refractivity contribution >= 4 is 5.97 Å². The second-order valence-corrected chi connectivity index (χ2v) is 4.83. The Morgan fingerprint density at radius 3 is 2.76 bits per heavy atom. The van der Waals surface area contributed by atoms with Gasteiger partial charge in [-0.3, -0.25) is 0 Å². The van der Waals surface area contributed by atoms with Crippen molar-refractivity contribution in [2.45, 2.75) is 44.4 Å². The summed E-state index contributed by atoms with van der Waals surface area (Å²) in [5, 5.41) is 18.7. The molecule has 2 aliphatic rings. The normalized spacial score (nSPS) is 38.2. The fourth-order valence-electron chi connectivity index (χ4n) is 2.30. The maximum absolute atomic E-state index is 10.7. The molecule has 0 aromatic heterocycles. The largest absolute Gasteiger partial charge is 0.478 e. The molecule has 1 aliphatic heterocycles. The fourth-order valence-corrected chi connectivity index (χ4v) is 2.30. The van der Waals surface area contributed by atoms with Gasteiger partial charge in [-0.15, -0.1) is 0 Å². The maximum Gasteiger partial charge on any atom is 0.328 e. The number of aliphatic hydroxyl groups is 1. The molecule has 1 saturated heterocycles. The van der Waals surface area contributed by atoms with E-state index in [0.29, 0.717) is 11.1 Å². The van der Waals surface area contributed by atoms with Crippen molar-refractivity contribution in [2.75, 3.05) is 0 Å². The number of aliphatic hydroxyl groups excluding tert-OH is 1. The summed E-state index contributed by atoms with van der Waals surface area (Å²) < 4.78 is 11.2. The third kappa shape index (κ3) is 2.26. The van der Waals surface area contributed by atoms with Gasteiger partial charge in [-0.25, -0.2) is 4.79 Å². The summed E-state index contributed by atoms with van der Waals surface area (Å²) in [6, 6.07) is 0. The molecular formula is C12H16O5. The first-order chi connectivity index (χ1) is 7.80. The van der Waals surface area contributed by atoms with Gasteiger partial charge in [-0.05, 0) is 25.0 Å². The molecule has 5 nitrogen and oxygen atoms in total. The molecule has 1 aliphatic carbocycles. The molecular weight excluding hydrogens is 224 g/mol. The molecule has 94 valence electrons. The smallest absolute Gasteiger partial charge is 0.328 e. The Morgan fingerprint density at radius 2 is 2.18 bits per heavy atom. The summed E-state index contributed by atoms with van der Waals surface area (Å²) in [5.41, 5.74) is 1.08. The first kappa shape index (κ1) is 12.3. The summed E-state index contributed by atoms with van der Waals surface area (Å²) in [5.74, 6) is -1.83. The molecule has 1 heterocycles. The monoisotopic (exact) mass is 240 g/mol. The predicted molar refractivity (Wildman–Crippen MR) is 59.3 cm³/mol. The van der Waals surface area contributed by atoms with E-state index in [4.69, 9.17) is 14.6 Å². The molecule has 2 rings (SSSR count). The van der Waals surface area contributed by atoms with Gasteiger partial charge in [-0.2, -0.15) is 0 Å². The molecule has 3 unspecified atom stereocenters. The van der Waals surface area contributed by atoms with Crippen molar-refractivity contribution in [3.8, 4) is 0 Å². The highest BCUT2D eigenvalue weighted by atomic mass is 16.8. The number of aliphatic carboxylic acids is 1. The van der Waals surface area contributed by atoms with Crippen LogP contribution in [-0.2, 0) is 14.3 Å². The van der Waals surface area contributed by atoms with Crippen LogP contribution in [0.4, 0.5) is 0 Å². The standard InChI is InChI=1S/C12H16O5/c1-6-7(5-9(14)15)4-8(13)11-10(6)16-12(2,3)17-11/h5,8,10-11,13H,1,4H2,2-3H3,(H,14,15)/b7-5+. The summed E-state index contributed by atoms with van der Waals surface area (Å²) in [6.45, 7) is 7.36.